The van der Waals surface area contributed by atoms with Gasteiger partial charge < -0.3 is 9.47 Å². The highest BCUT2D eigenvalue weighted by molar-refractivity contribution is 6.23. The van der Waals surface area contributed by atoms with E-state index in [9.17, 15) is 19.2 Å². The molecule has 1 saturated heterocycles. The molecule has 3 aliphatic rings. The molecule has 7 heteroatoms. The number of imide groups is 1. The average Bonchev–Trinajstić information content (AvgIpc) is 3.51. The molecule has 2 aromatic rings. The van der Waals surface area contributed by atoms with Gasteiger partial charge >= 0.3 is 5.97 Å². The van der Waals surface area contributed by atoms with Crippen LogP contribution in [0.25, 0.3) is 0 Å². The fraction of sp³-hybridized carbons (Fsp3) is 0.280. The Morgan fingerprint density at radius 1 is 0.938 bits per heavy atom. The summed E-state index contributed by atoms with van der Waals surface area (Å²) in [6.07, 6.45) is 4.93. The predicted octanol–water partition coefficient (Wildman–Crippen LogP) is 3.05. The van der Waals surface area contributed by atoms with Gasteiger partial charge in [-0.05, 0) is 48.6 Å². The number of benzene rings is 2. The highest BCUT2D eigenvalue weighted by atomic mass is 16.5. The molecule has 1 saturated carbocycles. The highest BCUT2D eigenvalue weighted by Gasteiger charge is 2.59. The third-order valence-electron chi connectivity index (χ3n) is 6.54. The first kappa shape index (κ1) is 20.2. The van der Waals surface area contributed by atoms with E-state index in [-0.39, 0.29) is 46.8 Å². The van der Waals surface area contributed by atoms with Crippen LogP contribution in [0.2, 0.25) is 0 Å². The largest absolute Gasteiger partial charge is 0.497 e. The van der Waals surface area contributed by atoms with Gasteiger partial charge in [0.05, 0.1) is 30.2 Å². The lowest BCUT2D eigenvalue weighted by Gasteiger charge is -2.18. The van der Waals surface area contributed by atoms with Gasteiger partial charge in [-0.15, -0.1) is 0 Å². The number of anilines is 1. The number of carbonyl (C=O) groups is 4. The van der Waals surface area contributed by atoms with Crippen LogP contribution in [0, 0.1) is 23.7 Å². The van der Waals surface area contributed by atoms with Crippen molar-refractivity contribution in [1.82, 2.24) is 0 Å². The summed E-state index contributed by atoms with van der Waals surface area (Å²) in [6.45, 7) is -0.434. The van der Waals surface area contributed by atoms with Crippen molar-refractivity contribution in [3.63, 3.8) is 0 Å². The second kappa shape index (κ2) is 7.75. The quantitative estimate of drug-likeness (QED) is 0.302. The summed E-state index contributed by atoms with van der Waals surface area (Å²) in [5.41, 5.74) is 0.885. The topological polar surface area (TPSA) is 90.0 Å². The Labute approximate surface area is 184 Å². The maximum absolute atomic E-state index is 13.0. The zero-order valence-electron chi connectivity index (χ0n) is 17.4. The predicted molar refractivity (Wildman–Crippen MR) is 114 cm³/mol. The summed E-state index contributed by atoms with van der Waals surface area (Å²) in [5, 5.41) is 0. The van der Waals surface area contributed by atoms with Gasteiger partial charge in [-0.3, -0.25) is 14.4 Å². The van der Waals surface area contributed by atoms with Crippen LogP contribution in [0.15, 0.2) is 60.7 Å². The van der Waals surface area contributed by atoms with Gasteiger partial charge in [0.15, 0.2) is 12.4 Å². The number of esters is 1. The number of fused-ring (bicyclic) bond motifs is 5. The summed E-state index contributed by atoms with van der Waals surface area (Å²) >= 11 is 0. The second-order valence-corrected chi connectivity index (χ2v) is 8.29. The Hall–Kier alpha value is -3.74. The van der Waals surface area contributed by atoms with Crippen molar-refractivity contribution in [2.75, 3.05) is 18.6 Å². The van der Waals surface area contributed by atoms with Crippen molar-refractivity contribution in [3.8, 4) is 5.75 Å². The van der Waals surface area contributed by atoms with Crippen LogP contribution >= 0.6 is 0 Å². The number of carbonyl (C=O) groups excluding carboxylic acids is 4. The summed E-state index contributed by atoms with van der Waals surface area (Å²) in [5.74, 6) is -1.36. The Bertz CT molecular complexity index is 1140. The van der Waals surface area contributed by atoms with Gasteiger partial charge in [0.25, 0.3) is 0 Å². The van der Waals surface area contributed by atoms with Crippen molar-refractivity contribution in [2.24, 2.45) is 23.7 Å². The summed E-state index contributed by atoms with van der Waals surface area (Å²) < 4.78 is 10.3. The number of ether oxygens (including phenoxy) is 2. The Morgan fingerprint density at radius 2 is 1.59 bits per heavy atom. The van der Waals surface area contributed by atoms with E-state index in [1.165, 1.54) is 24.1 Å². The first-order chi connectivity index (χ1) is 15.5. The Balaban J connectivity index is 1.29. The number of rotatable bonds is 6. The molecular formula is C25H21NO6. The van der Waals surface area contributed by atoms with E-state index in [1.807, 2.05) is 12.2 Å². The number of hydrogen-bond donors (Lipinski definition) is 0. The number of ketones is 1. The maximum atomic E-state index is 13.0. The van der Waals surface area contributed by atoms with Crippen molar-refractivity contribution >= 4 is 29.3 Å². The Kier molecular flexibility index (Phi) is 4.89. The van der Waals surface area contributed by atoms with Gasteiger partial charge in [0.2, 0.25) is 11.8 Å². The zero-order valence-corrected chi connectivity index (χ0v) is 17.4. The molecule has 0 N–H and O–H groups in total. The van der Waals surface area contributed by atoms with Crippen LogP contribution < -0.4 is 9.64 Å². The first-order valence-corrected chi connectivity index (χ1v) is 10.5. The van der Waals surface area contributed by atoms with E-state index in [2.05, 4.69) is 0 Å². The van der Waals surface area contributed by atoms with E-state index in [0.29, 0.717) is 17.0 Å². The second-order valence-electron chi connectivity index (χ2n) is 8.29. The molecule has 0 spiro atoms. The molecule has 0 radical (unpaired) electrons. The smallest absolute Gasteiger partial charge is 0.338 e. The van der Waals surface area contributed by atoms with Gasteiger partial charge in [0, 0.05) is 5.56 Å². The number of allylic oxidation sites excluding steroid dienone is 2. The minimum Gasteiger partial charge on any atom is -0.497 e. The third-order valence-corrected chi connectivity index (χ3v) is 6.54. The summed E-state index contributed by atoms with van der Waals surface area (Å²) in [7, 11) is 1.50. The molecule has 4 atom stereocenters. The number of methoxy groups -OCH3 is 1. The van der Waals surface area contributed by atoms with Crippen molar-refractivity contribution in [3.05, 3.63) is 71.8 Å². The van der Waals surface area contributed by atoms with Gasteiger partial charge in [0.1, 0.15) is 5.75 Å². The van der Waals surface area contributed by atoms with E-state index >= 15 is 0 Å². The van der Waals surface area contributed by atoms with Crippen LogP contribution in [0.4, 0.5) is 5.69 Å². The molecule has 0 unspecified atom stereocenters. The van der Waals surface area contributed by atoms with Gasteiger partial charge in [-0.2, -0.15) is 0 Å². The van der Waals surface area contributed by atoms with Crippen LogP contribution in [0.1, 0.15) is 27.1 Å². The van der Waals surface area contributed by atoms with E-state index < -0.39 is 12.6 Å². The lowest BCUT2D eigenvalue weighted by Crippen LogP contribution is -2.33. The van der Waals surface area contributed by atoms with Crippen LogP contribution in [0.3, 0.4) is 0 Å². The molecular weight excluding hydrogens is 410 g/mol. The molecule has 32 heavy (non-hydrogen) atoms. The standard InChI is InChI=1S/C25H21NO6/c1-31-19-7-3-4-14(12-19)20(27)13-32-25(30)17-5-2-6-18(11-17)26-23(28)21-15-8-9-16(10-15)22(21)24(26)29/h2-9,11-12,15-16,21-22H,10,13H2,1H3/t15-,16-,21+,22+/m0/s1. The van der Waals surface area contributed by atoms with Gasteiger partial charge in [-0.1, -0.05) is 30.4 Å². The van der Waals surface area contributed by atoms with E-state index in [4.69, 9.17) is 9.47 Å². The zero-order chi connectivity index (χ0) is 22.4. The van der Waals surface area contributed by atoms with Crippen molar-refractivity contribution < 1.29 is 28.7 Å². The number of nitrogens with zero attached hydrogens (tertiary/aromatic N) is 1. The molecule has 2 aliphatic carbocycles. The monoisotopic (exact) mass is 431 g/mol. The maximum Gasteiger partial charge on any atom is 0.338 e. The van der Waals surface area contributed by atoms with Crippen LogP contribution in [-0.2, 0) is 14.3 Å². The molecule has 7 nitrogen and oxygen atoms in total. The molecule has 1 heterocycles. The van der Waals surface area contributed by atoms with Crippen LogP contribution in [0.5, 0.6) is 5.75 Å². The van der Waals surface area contributed by atoms with E-state index in [0.717, 1.165) is 6.42 Å². The van der Waals surface area contributed by atoms with Crippen LogP contribution in [-0.4, -0.2) is 37.3 Å². The molecule has 2 amide bonds. The molecule has 2 fully saturated rings. The number of Topliss-reactive ketones (excluding diaryl/α,β-unsaturated/α-hetero) is 1. The first-order valence-electron chi connectivity index (χ1n) is 10.5. The van der Waals surface area contributed by atoms with E-state index in [1.54, 1.807) is 36.4 Å². The van der Waals surface area contributed by atoms with Crippen molar-refractivity contribution in [1.29, 1.82) is 0 Å². The molecule has 2 aromatic carbocycles. The van der Waals surface area contributed by atoms with Gasteiger partial charge in [-0.25, -0.2) is 9.69 Å². The fourth-order valence-electron chi connectivity index (χ4n) is 5.02. The summed E-state index contributed by atoms with van der Waals surface area (Å²) in [6, 6.07) is 12.8. The minimum atomic E-state index is -0.705. The Morgan fingerprint density at radius 3 is 2.28 bits per heavy atom. The lowest BCUT2D eigenvalue weighted by atomic mass is 9.85. The molecule has 1 aliphatic heterocycles. The SMILES string of the molecule is COc1cccc(C(=O)COC(=O)c2cccc(N3C(=O)[C@H]4[C@H](C3=O)[C@H]3C=C[C@H]4C3)c2)c1. The number of amides is 2. The third kappa shape index (κ3) is 3.21. The van der Waals surface area contributed by atoms with Crippen molar-refractivity contribution in [2.45, 2.75) is 6.42 Å². The summed E-state index contributed by atoms with van der Waals surface area (Å²) in [4.78, 5) is 52.1. The molecule has 2 bridgehead atoms. The number of hydrogen-bond acceptors (Lipinski definition) is 6. The minimum absolute atomic E-state index is 0.113. The molecule has 0 aromatic heterocycles. The molecule has 162 valence electrons. The highest BCUT2D eigenvalue weighted by Crippen LogP contribution is 2.53. The fourth-order valence-corrected chi connectivity index (χ4v) is 5.02. The molecule has 5 rings (SSSR count). The normalized spacial score (nSPS) is 25.2. The average molecular weight is 431 g/mol. The lowest BCUT2D eigenvalue weighted by molar-refractivity contribution is -0.123.